The largest absolute Gasteiger partial charge is 0.289 e. The summed E-state index contributed by atoms with van der Waals surface area (Å²) in [4.78, 5) is 12.5. The molecule has 1 aliphatic heterocycles. The lowest BCUT2D eigenvalue weighted by Crippen LogP contribution is -2.01. The number of hydrogen-bond donors (Lipinski definition) is 0. The Morgan fingerprint density at radius 2 is 1.75 bits per heavy atom. The number of ketones is 1. The van der Waals surface area contributed by atoms with E-state index < -0.39 is 0 Å². The second-order valence-corrected chi connectivity index (χ2v) is 7.77. The van der Waals surface area contributed by atoms with Gasteiger partial charge in [-0.1, -0.05) is 23.7 Å². The van der Waals surface area contributed by atoms with E-state index in [-0.39, 0.29) is 5.78 Å². The van der Waals surface area contributed by atoms with Gasteiger partial charge >= 0.3 is 0 Å². The molecule has 4 heteroatoms. The Labute approximate surface area is 132 Å². The maximum Gasteiger partial charge on any atom is 0.186 e. The molecule has 1 aliphatic carbocycles. The average Bonchev–Trinajstić information content (AvgIpc) is 2.84. The van der Waals surface area contributed by atoms with Crippen LogP contribution in [0, 0.1) is 0 Å². The van der Waals surface area contributed by atoms with E-state index in [0.29, 0.717) is 0 Å². The molecule has 1 saturated carbocycles. The summed E-state index contributed by atoms with van der Waals surface area (Å²) in [5.74, 6) is 2.54. The Hall–Kier alpha value is -0.640. The molecule has 0 N–H and O–H groups in total. The molecular weight excluding hydrogens is 308 g/mol. The normalized spacial score (nSPS) is 21.9. The molecule has 0 bridgehead atoms. The van der Waals surface area contributed by atoms with Gasteiger partial charge in [-0.25, -0.2) is 0 Å². The number of thioether (sulfide) groups is 2. The first kappa shape index (κ1) is 14.3. The standard InChI is InChI=1S/C16H15ClOS2/c17-13-5-2-11(3-6-13)10-12-4-7-14(15(12)18)16-19-8-1-9-20-16/h2-3,5-6,10H,1,4,7-9H2/b12-10+. The number of rotatable bonds is 1. The molecule has 2 aliphatic rings. The van der Waals surface area contributed by atoms with Crippen LogP contribution in [0.4, 0.5) is 0 Å². The van der Waals surface area contributed by atoms with Crippen molar-refractivity contribution in [1.82, 2.24) is 0 Å². The highest BCUT2D eigenvalue weighted by Gasteiger charge is 2.27. The molecule has 20 heavy (non-hydrogen) atoms. The van der Waals surface area contributed by atoms with Crippen LogP contribution in [-0.4, -0.2) is 17.3 Å². The molecule has 0 radical (unpaired) electrons. The summed E-state index contributed by atoms with van der Waals surface area (Å²) in [7, 11) is 0. The molecular formula is C16H15ClOS2. The predicted octanol–water partition coefficient (Wildman–Crippen LogP) is 5.17. The monoisotopic (exact) mass is 322 g/mol. The summed E-state index contributed by atoms with van der Waals surface area (Å²) in [5, 5.41) is 0.725. The van der Waals surface area contributed by atoms with Crippen molar-refractivity contribution in [3.05, 3.63) is 50.2 Å². The van der Waals surface area contributed by atoms with Crippen LogP contribution in [0.3, 0.4) is 0 Å². The summed E-state index contributed by atoms with van der Waals surface area (Å²) in [6.45, 7) is 0. The lowest BCUT2D eigenvalue weighted by Gasteiger charge is -2.14. The zero-order valence-electron chi connectivity index (χ0n) is 11.0. The number of hydrogen-bond acceptors (Lipinski definition) is 3. The summed E-state index contributed by atoms with van der Waals surface area (Å²) in [5.41, 5.74) is 3.02. The molecule has 0 spiro atoms. The van der Waals surface area contributed by atoms with Gasteiger partial charge in [-0.15, -0.1) is 23.5 Å². The van der Waals surface area contributed by atoms with Gasteiger partial charge in [0, 0.05) is 20.4 Å². The smallest absolute Gasteiger partial charge is 0.186 e. The van der Waals surface area contributed by atoms with Gasteiger partial charge in [0.05, 0.1) is 0 Å². The minimum absolute atomic E-state index is 0.247. The van der Waals surface area contributed by atoms with Gasteiger partial charge in [-0.05, 0) is 54.5 Å². The first-order chi connectivity index (χ1) is 9.74. The Bertz CT molecular complexity index is 579. The third kappa shape index (κ3) is 3.16. The van der Waals surface area contributed by atoms with Crippen molar-refractivity contribution in [2.75, 3.05) is 11.5 Å². The van der Waals surface area contributed by atoms with Crippen LogP contribution in [0.2, 0.25) is 5.02 Å². The highest BCUT2D eigenvalue weighted by atomic mass is 35.5. The van der Waals surface area contributed by atoms with E-state index in [1.54, 1.807) is 0 Å². The van der Waals surface area contributed by atoms with Crippen LogP contribution in [0.25, 0.3) is 6.08 Å². The maximum atomic E-state index is 12.5. The number of allylic oxidation sites excluding steroid dienone is 2. The van der Waals surface area contributed by atoms with E-state index in [9.17, 15) is 4.79 Å². The van der Waals surface area contributed by atoms with Crippen LogP contribution >= 0.6 is 35.1 Å². The van der Waals surface area contributed by atoms with E-state index in [1.807, 2.05) is 53.9 Å². The number of carbonyl (C=O) groups excluding carboxylic acids is 1. The minimum Gasteiger partial charge on any atom is -0.289 e. The SMILES string of the molecule is O=C1C(=C2SCCCS2)CC/C1=C\c1ccc(Cl)cc1. The van der Waals surface area contributed by atoms with E-state index >= 15 is 0 Å². The zero-order valence-corrected chi connectivity index (χ0v) is 13.4. The van der Waals surface area contributed by atoms with Crippen molar-refractivity contribution in [2.45, 2.75) is 19.3 Å². The molecule has 0 unspecified atom stereocenters. The van der Waals surface area contributed by atoms with Crippen LogP contribution in [0.5, 0.6) is 0 Å². The molecule has 0 aromatic heterocycles. The first-order valence-electron chi connectivity index (χ1n) is 6.73. The Morgan fingerprint density at radius 3 is 2.45 bits per heavy atom. The van der Waals surface area contributed by atoms with Crippen molar-refractivity contribution in [3.8, 4) is 0 Å². The first-order valence-corrected chi connectivity index (χ1v) is 9.08. The molecule has 104 valence electrons. The predicted molar refractivity (Wildman–Crippen MR) is 90.2 cm³/mol. The molecule has 0 atom stereocenters. The van der Waals surface area contributed by atoms with E-state index in [1.165, 1.54) is 10.7 Å². The third-order valence-corrected chi connectivity index (χ3v) is 6.38. The second-order valence-electron chi connectivity index (χ2n) is 4.87. The Balaban J connectivity index is 1.83. The highest BCUT2D eigenvalue weighted by molar-refractivity contribution is 8.22. The molecule has 0 amide bonds. The van der Waals surface area contributed by atoms with Crippen molar-refractivity contribution < 1.29 is 4.79 Å². The number of carbonyl (C=O) groups is 1. The van der Waals surface area contributed by atoms with Gasteiger partial charge in [0.1, 0.15) is 0 Å². The maximum absolute atomic E-state index is 12.5. The van der Waals surface area contributed by atoms with Gasteiger partial charge in [-0.3, -0.25) is 4.79 Å². The summed E-state index contributed by atoms with van der Waals surface area (Å²) in [6.07, 6.45) is 5.01. The van der Waals surface area contributed by atoms with Crippen molar-refractivity contribution in [1.29, 1.82) is 0 Å². The van der Waals surface area contributed by atoms with Gasteiger partial charge in [-0.2, -0.15) is 0 Å². The molecule has 1 heterocycles. The summed E-state index contributed by atoms with van der Waals surface area (Å²) in [6, 6.07) is 7.63. The van der Waals surface area contributed by atoms with Gasteiger partial charge < -0.3 is 0 Å². The molecule has 3 rings (SSSR count). The third-order valence-electron chi connectivity index (χ3n) is 3.42. The summed E-state index contributed by atoms with van der Waals surface area (Å²) < 4.78 is 1.26. The van der Waals surface area contributed by atoms with Gasteiger partial charge in [0.25, 0.3) is 0 Å². The molecule has 2 fully saturated rings. The van der Waals surface area contributed by atoms with Crippen LogP contribution in [0.15, 0.2) is 39.6 Å². The van der Waals surface area contributed by atoms with E-state index in [2.05, 4.69) is 0 Å². The minimum atomic E-state index is 0.247. The Kier molecular flexibility index (Phi) is 4.59. The number of Topliss-reactive ketones (excluding diaryl/α,β-unsaturated/α-hetero) is 1. The average molecular weight is 323 g/mol. The lowest BCUT2D eigenvalue weighted by atomic mass is 10.1. The van der Waals surface area contributed by atoms with Crippen LogP contribution < -0.4 is 0 Å². The Morgan fingerprint density at radius 1 is 1.05 bits per heavy atom. The molecule has 1 aromatic carbocycles. The van der Waals surface area contributed by atoms with Gasteiger partial charge in [0.15, 0.2) is 5.78 Å². The van der Waals surface area contributed by atoms with Crippen molar-refractivity contribution >= 4 is 47.0 Å². The summed E-state index contributed by atoms with van der Waals surface area (Å²) >= 11 is 9.58. The van der Waals surface area contributed by atoms with Gasteiger partial charge in [0.2, 0.25) is 0 Å². The van der Waals surface area contributed by atoms with Crippen molar-refractivity contribution in [3.63, 3.8) is 0 Å². The van der Waals surface area contributed by atoms with Crippen LogP contribution in [0.1, 0.15) is 24.8 Å². The van der Waals surface area contributed by atoms with E-state index in [0.717, 1.165) is 46.1 Å². The lowest BCUT2D eigenvalue weighted by molar-refractivity contribution is -0.111. The molecule has 1 aromatic rings. The molecule has 1 saturated heterocycles. The number of benzene rings is 1. The fourth-order valence-electron chi connectivity index (χ4n) is 2.38. The topological polar surface area (TPSA) is 17.1 Å². The fourth-order valence-corrected chi connectivity index (χ4v) is 5.21. The fraction of sp³-hybridized carbons (Fsp3) is 0.312. The quantitative estimate of drug-likeness (QED) is 0.664. The van der Waals surface area contributed by atoms with Crippen LogP contribution in [-0.2, 0) is 4.79 Å². The van der Waals surface area contributed by atoms with Crippen molar-refractivity contribution in [2.24, 2.45) is 0 Å². The highest BCUT2D eigenvalue weighted by Crippen LogP contribution is 2.42. The zero-order chi connectivity index (χ0) is 13.9. The second kappa shape index (κ2) is 6.42. The number of halogens is 1. The molecule has 1 nitrogen and oxygen atoms in total. The van der Waals surface area contributed by atoms with E-state index in [4.69, 9.17) is 11.6 Å².